The molecule has 3 heterocycles. The van der Waals surface area contributed by atoms with E-state index < -0.39 is 33.9 Å². The number of anilines is 4. The molecule has 3 aliphatic rings. The Balaban J connectivity index is 1.45. The average Bonchev–Trinajstić information content (AvgIpc) is 3.66. The van der Waals surface area contributed by atoms with Gasteiger partial charge in [-0.2, -0.15) is 4.98 Å². The van der Waals surface area contributed by atoms with Crippen LogP contribution in [0.1, 0.15) is 62.5 Å². The van der Waals surface area contributed by atoms with Gasteiger partial charge in [0.05, 0.1) is 47.7 Å². The summed E-state index contributed by atoms with van der Waals surface area (Å²) in [5.41, 5.74) is 0.859. The van der Waals surface area contributed by atoms with Crippen molar-refractivity contribution in [2.24, 2.45) is 5.41 Å². The van der Waals surface area contributed by atoms with E-state index in [-0.39, 0.29) is 11.9 Å². The molecule has 1 aliphatic carbocycles. The molecule has 12 nitrogen and oxygen atoms in total. The molecule has 13 heteroatoms. The first-order valence-electron chi connectivity index (χ1n) is 14.2. The lowest BCUT2D eigenvalue weighted by Gasteiger charge is -2.35. The minimum atomic E-state index is -3.73. The zero-order valence-electron chi connectivity index (χ0n) is 23.9. The highest BCUT2D eigenvalue weighted by atomic mass is 32.2. The highest BCUT2D eigenvalue weighted by Gasteiger charge is 2.44. The number of ether oxygens (including phenoxy) is 1. The summed E-state index contributed by atoms with van der Waals surface area (Å²) in [5, 5.41) is 22.8. The van der Waals surface area contributed by atoms with Crippen molar-refractivity contribution in [1.82, 2.24) is 9.97 Å². The molecule has 2 aromatic rings. The molecule has 1 aromatic heterocycles. The van der Waals surface area contributed by atoms with Crippen LogP contribution in [-0.4, -0.2) is 85.8 Å². The fourth-order valence-corrected chi connectivity index (χ4v) is 6.26. The maximum atomic E-state index is 13.8. The Bertz CT molecular complexity index is 1380. The Morgan fingerprint density at radius 3 is 2.49 bits per heavy atom. The number of rotatable bonds is 9. The van der Waals surface area contributed by atoms with Crippen LogP contribution >= 0.6 is 0 Å². The van der Waals surface area contributed by atoms with E-state index in [1.807, 2.05) is 11.8 Å². The van der Waals surface area contributed by atoms with Crippen LogP contribution in [0.15, 0.2) is 24.3 Å². The van der Waals surface area contributed by atoms with Gasteiger partial charge in [-0.05, 0) is 70.1 Å². The number of aliphatic hydroxyl groups is 2. The summed E-state index contributed by atoms with van der Waals surface area (Å²) < 4.78 is 32.8. The van der Waals surface area contributed by atoms with Crippen molar-refractivity contribution in [3.63, 3.8) is 0 Å². The summed E-state index contributed by atoms with van der Waals surface area (Å²) in [7, 11) is -3.73. The predicted octanol–water partition coefficient (Wildman–Crippen LogP) is 2.30. The molecule has 2 aliphatic heterocycles. The number of aromatic nitrogens is 2. The molecule has 224 valence electrons. The third-order valence-corrected chi connectivity index (χ3v) is 9.37. The second kappa shape index (κ2) is 11.3. The number of carbonyl (C=O) groups excluding carboxylic acids is 1. The van der Waals surface area contributed by atoms with Gasteiger partial charge in [0.15, 0.2) is 0 Å². The van der Waals surface area contributed by atoms with Gasteiger partial charge in [-0.25, -0.2) is 13.4 Å². The largest absolute Gasteiger partial charge is 0.395 e. The summed E-state index contributed by atoms with van der Waals surface area (Å²) >= 11 is 0. The number of nitrogens with zero attached hydrogens (tertiary/aromatic N) is 4. The van der Waals surface area contributed by atoms with Crippen molar-refractivity contribution in [3.05, 3.63) is 35.5 Å². The van der Waals surface area contributed by atoms with Crippen LogP contribution in [0.2, 0.25) is 0 Å². The smallest absolute Gasteiger partial charge is 0.258 e. The van der Waals surface area contributed by atoms with Crippen LogP contribution < -0.4 is 19.8 Å². The molecule has 4 N–H and O–H groups in total. The molecular formula is C28H40N6O6S. The number of carbonyl (C=O) groups is 1. The van der Waals surface area contributed by atoms with E-state index >= 15 is 0 Å². The average molecular weight is 589 g/mol. The number of nitrogens with one attached hydrogen (secondary N) is 2. The highest BCUT2D eigenvalue weighted by molar-refractivity contribution is 7.92. The summed E-state index contributed by atoms with van der Waals surface area (Å²) in [6.07, 6.45) is 4.51. The molecule has 1 atom stereocenters. The van der Waals surface area contributed by atoms with Crippen LogP contribution in [0, 0.1) is 5.41 Å². The van der Waals surface area contributed by atoms with E-state index in [1.54, 1.807) is 38.1 Å². The van der Waals surface area contributed by atoms with Gasteiger partial charge < -0.3 is 30.1 Å². The molecule has 1 spiro atoms. The first-order chi connectivity index (χ1) is 19.4. The minimum Gasteiger partial charge on any atom is -0.395 e. The van der Waals surface area contributed by atoms with Gasteiger partial charge in [-0.1, -0.05) is 0 Å². The Hall–Kier alpha value is -3.00. The maximum Gasteiger partial charge on any atom is 0.258 e. The second-order valence-corrected chi connectivity index (χ2v) is 13.8. The van der Waals surface area contributed by atoms with Crippen molar-refractivity contribution in [3.8, 4) is 0 Å². The van der Waals surface area contributed by atoms with Crippen LogP contribution in [0.25, 0.3) is 0 Å². The minimum absolute atomic E-state index is 0.00798. The van der Waals surface area contributed by atoms with Crippen molar-refractivity contribution < 1.29 is 28.2 Å². The molecule has 0 radical (unpaired) electrons. The monoisotopic (exact) mass is 588 g/mol. The van der Waals surface area contributed by atoms with E-state index in [2.05, 4.69) is 24.9 Å². The van der Waals surface area contributed by atoms with E-state index in [1.165, 1.54) is 12.8 Å². The van der Waals surface area contributed by atoms with Crippen molar-refractivity contribution in [1.29, 1.82) is 0 Å². The van der Waals surface area contributed by atoms with Gasteiger partial charge in [0.2, 0.25) is 16.0 Å². The molecule has 41 heavy (non-hydrogen) atoms. The lowest BCUT2D eigenvalue weighted by atomic mass is 9.93. The van der Waals surface area contributed by atoms with E-state index in [9.17, 15) is 18.3 Å². The highest BCUT2D eigenvalue weighted by Crippen LogP contribution is 2.54. The fraction of sp³-hybridized carbons (Fsp3) is 0.607. The van der Waals surface area contributed by atoms with E-state index in [0.717, 1.165) is 25.9 Å². The normalized spacial score (nSPS) is 20.7. The van der Waals surface area contributed by atoms with E-state index in [0.29, 0.717) is 53.7 Å². The summed E-state index contributed by atoms with van der Waals surface area (Å²) in [5.74, 6) is -0.170. The summed E-state index contributed by atoms with van der Waals surface area (Å²) in [6.45, 7) is 7.95. The second-order valence-electron chi connectivity index (χ2n) is 11.9. The molecule has 1 amide bonds. The van der Waals surface area contributed by atoms with Gasteiger partial charge in [0.1, 0.15) is 11.4 Å². The summed E-state index contributed by atoms with van der Waals surface area (Å²) in [4.78, 5) is 27.0. The topological polar surface area (TPSA) is 157 Å². The van der Waals surface area contributed by atoms with Gasteiger partial charge in [0.25, 0.3) is 5.91 Å². The SMILES string of the molecule is C[C@@H]1CN(c2nc(NC(=O)c3ccc(NS(=O)(=O)CCO)cc3N3CCC4(CC3)CC4)cc(C(C)(C)O)n2)CCO1. The molecule has 2 saturated heterocycles. The van der Waals surface area contributed by atoms with Crippen LogP contribution in [-0.2, 0) is 20.4 Å². The molecule has 1 aromatic carbocycles. The zero-order valence-corrected chi connectivity index (χ0v) is 24.7. The number of piperidine rings is 1. The molecule has 0 unspecified atom stereocenters. The third kappa shape index (κ3) is 7.08. The predicted molar refractivity (Wildman–Crippen MR) is 157 cm³/mol. The third-order valence-electron chi connectivity index (χ3n) is 8.10. The number of amides is 1. The number of hydrogen-bond acceptors (Lipinski definition) is 10. The first-order valence-corrected chi connectivity index (χ1v) is 15.8. The molecular weight excluding hydrogens is 548 g/mol. The fourth-order valence-electron chi connectivity index (χ4n) is 5.44. The molecule has 1 saturated carbocycles. The first kappa shape index (κ1) is 29.5. The quantitative estimate of drug-likeness (QED) is 0.343. The van der Waals surface area contributed by atoms with Crippen molar-refractivity contribution in [2.75, 3.05) is 65.0 Å². The number of morpholine rings is 1. The van der Waals surface area contributed by atoms with Crippen molar-refractivity contribution in [2.45, 2.75) is 58.2 Å². The van der Waals surface area contributed by atoms with Crippen LogP contribution in [0.5, 0.6) is 0 Å². The van der Waals surface area contributed by atoms with E-state index in [4.69, 9.17) is 9.84 Å². The number of sulfonamides is 1. The summed E-state index contributed by atoms with van der Waals surface area (Å²) in [6, 6.07) is 6.39. The lowest BCUT2D eigenvalue weighted by Crippen LogP contribution is -2.42. The maximum absolute atomic E-state index is 13.8. The Morgan fingerprint density at radius 1 is 1.12 bits per heavy atom. The van der Waals surface area contributed by atoms with Gasteiger partial charge in [-0.15, -0.1) is 0 Å². The lowest BCUT2D eigenvalue weighted by molar-refractivity contribution is 0.0522. The Labute approximate surface area is 241 Å². The van der Waals surface area contributed by atoms with Crippen LogP contribution in [0.3, 0.4) is 0 Å². The molecule has 0 bridgehead atoms. The van der Waals surface area contributed by atoms with Gasteiger partial charge >= 0.3 is 0 Å². The molecule has 3 fully saturated rings. The number of aliphatic hydroxyl groups excluding tert-OH is 1. The Morgan fingerprint density at radius 2 is 1.85 bits per heavy atom. The number of hydrogen-bond donors (Lipinski definition) is 4. The van der Waals surface area contributed by atoms with Crippen LogP contribution in [0.4, 0.5) is 23.1 Å². The Kier molecular flexibility index (Phi) is 8.16. The van der Waals surface area contributed by atoms with Crippen molar-refractivity contribution >= 4 is 39.1 Å². The number of benzene rings is 1. The molecule has 5 rings (SSSR count). The van der Waals surface area contributed by atoms with Gasteiger partial charge in [0, 0.05) is 32.2 Å². The zero-order chi connectivity index (χ0) is 29.4. The van der Waals surface area contributed by atoms with Gasteiger partial charge in [-0.3, -0.25) is 9.52 Å². The standard InChI is InChI=1S/C28H40N6O6S/c1-19-18-34(12-14-40-19)26-29-23(27(2,3)37)17-24(31-26)30-25(36)21-5-4-20(32-41(38,39)15-13-35)16-22(21)33-10-8-28(6-7-28)9-11-33/h4-5,16-17,19,32,35,37H,6-15,18H2,1-3H3,(H,29,30,31,36)/t19-/m1/s1.